The highest BCUT2D eigenvalue weighted by molar-refractivity contribution is 9.10. The predicted molar refractivity (Wildman–Crippen MR) is 50.1 cm³/mol. The molecule has 15 heavy (non-hydrogen) atoms. The molecule has 0 fully saturated rings. The smallest absolute Gasteiger partial charge is 0.266 e. The summed E-state index contributed by atoms with van der Waals surface area (Å²) < 4.78 is 24.9. The maximum absolute atomic E-state index is 12.5. The summed E-state index contributed by atoms with van der Waals surface area (Å²) >= 11 is 2.87. The van der Waals surface area contributed by atoms with Gasteiger partial charge < -0.3 is 5.73 Å². The van der Waals surface area contributed by atoms with Gasteiger partial charge in [-0.2, -0.15) is 5.26 Å². The number of amides is 1. The van der Waals surface area contributed by atoms with Gasteiger partial charge in [0.1, 0.15) is 10.7 Å². The van der Waals surface area contributed by atoms with E-state index in [1.807, 2.05) is 0 Å². The molecule has 1 rings (SSSR count). The number of nitrogens with zero attached hydrogens (tertiary/aromatic N) is 2. The van der Waals surface area contributed by atoms with Crippen molar-refractivity contribution in [3.8, 4) is 6.07 Å². The zero-order valence-corrected chi connectivity index (χ0v) is 8.75. The number of carbonyl (C=O) groups excluding carboxylic acids is 1. The third-order valence-corrected chi connectivity index (χ3v) is 2.26. The molecule has 0 spiro atoms. The predicted octanol–water partition coefficient (Wildman–Crippen LogP) is 1.75. The lowest BCUT2D eigenvalue weighted by Gasteiger charge is -2.07. The molecule has 78 valence electrons. The minimum absolute atomic E-state index is 0.0169. The number of nitriles is 1. The average Bonchev–Trinajstić information content (AvgIpc) is 2.16. The van der Waals surface area contributed by atoms with Gasteiger partial charge in [0.15, 0.2) is 0 Å². The minimum Gasteiger partial charge on any atom is -0.366 e. The molecule has 4 nitrogen and oxygen atoms in total. The van der Waals surface area contributed by atoms with Crippen LogP contribution in [0.25, 0.3) is 0 Å². The second-order valence-electron chi connectivity index (χ2n) is 2.53. The van der Waals surface area contributed by atoms with Crippen LogP contribution in [0.3, 0.4) is 0 Å². The molecule has 0 aliphatic rings. The van der Waals surface area contributed by atoms with Crippen molar-refractivity contribution in [1.29, 1.82) is 5.26 Å². The van der Waals surface area contributed by atoms with E-state index in [1.165, 1.54) is 0 Å². The third-order valence-electron chi connectivity index (χ3n) is 1.66. The summed E-state index contributed by atoms with van der Waals surface area (Å²) in [6.07, 6.45) is -2.09. The van der Waals surface area contributed by atoms with Crippen molar-refractivity contribution in [3.05, 3.63) is 27.5 Å². The maximum Gasteiger partial charge on any atom is 0.266 e. The monoisotopic (exact) mass is 275 g/mol. The molecule has 2 N–H and O–H groups in total. The SMILES string of the molecule is N#Cc1c(Br)ncc(C(F)F)c1C(N)=O. The Hall–Kier alpha value is -1.55. The van der Waals surface area contributed by atoms with Gasteiger partial charge in [0.05, 0.1) is 16.7 Å². The van der Waals surface area contributed by atoms with Gasteiger partial charge in [-0.25, -0.2) is 13.8 Å². The Balaban J connectivity index is 3.58. The maximum atomic E-state index is 12.5. The number of rotatable bonds is 2. The first-order valence-electron chi connectivity index (χ1n) is 3.65. The second kappa shape index (κ2) is 4.31. The normalized spacial score (nSPS) is 10.1. The third kappa shape index (κ3) is 2.10. The Bertz CT molecular complexity index is 456. The number of alkyl halides is 2. The van der Waals surface area contributed by atoms with Crippen LogP contribution in [-0.4, -0.2) is 10.9 Å². The van der Waals surface area contributed by atoms with E-state index in [-0.39, 0.29) is 10.2 Å². The van der Waals surface area contributed by atoms with E-state index in [9.17, 15) is 13.6 Å². The van der Waals surface area contributed by atoms with Crippen LogP contribution in [0.1, 0.15) is 27.9 Å². The zero-order chi connectivity index (χ0) is 11.6. The molecule has 0 aliphatic carbocycles. The van der Waals surface area contributed by atoms with E-state index >= 15 is 0 Å². The Labute approximate surface area is 91.8 Å². The lowest BCUT2D eigenvalue weighted by atomic mass is 10.1. The standard InChI is InChI=1S/C8H4BrF2N3O/c9-6-3(1-12)5(8(13)15)4(2-14-6)7(10)11/h2,7H,(H2,13,15). The van der Waals surface area contributed by atoms with Gasteiger partial charge in [0.2, 0.25) is 0 Å². The van der Waals surface area contributed by atoms with E-state index < -0.39 is 23.5 Å². The first kappa shape index (κ1) is 11.5. The Kier molecular flexibility index (Phi) is 3.31. The van der Waals surface area contributed by atoms with Gasteiger partial charge in [-0.3, -0.25) is 4.79 Å². The van der Waals surface area contributed by atoms with Crippen molar-refractivity contribution in [2.45, 2.75) is 6.43 Å². The largest absolute Gasteiger partial charge is 0.366 e. The van der Waals surface area contributed by atoms with Crippen LogP contribution < -0.4 is 5.73 Å². The molecule has 7 heteroatoms. The summed E-state index contributed by atoms with van der Waals surface area (Å²) in [6.45, 7) is 0. The van der Waals surface area contributed by atoms with Gasteiger partial charge in [-0.15, -0.1) is 0 Å². The van der Waals surface area contributed by atoms with Crippen LogP contribution in [0.2, 0.25) is 0 Å². The summed E-state index contributed by atoms with van der Waals surface area (Å²) in [4.78, 5) is 14.5. The van der Waals surface area contributed by atoms with Crippen LogP contribution in [0.5, 0.6) is 0 Å². The Morgan fingerprint density at radius 2 is 2.27 bits per heavy atom. The van der Waals surface area contributed by atoms with Gasteiger partial charge in [0, 0.05) is 6.20 Å². The van der Waals surface area contributed by atoms with Gasteiger partial charge in [0.25, 0.3) is 12.3 Å². The molecule has 1 aromatic heterocycles. The first-order valence-corrected chi connectivity index (χ1v) is 4.44. The fourth-order valence-electron chi connectivity index (χ4n) is 1.04. The lowest BCUT2D eigenvalue weighted by Crippen LogP contribution is -2.17. The summed E-state index contributed by atoms with van der Waals surface area (Å²) in [5.41, 5.74) is 3.52. The molecule has 0 aliphatic heterocycles. The number of pyridine rings is 1. The summed E-state index contributed by atoms with van der Waals surface area (Å²) in [6, 6.07) is 1.60. The van der Waals surface area contributed by atoms with Gasteiger partial charge in [-0.1, -0.05) is 0 Å². The number of carbonyl (C=O) groups is 1. The highest BCUT2D eigenvalue weighted by Gasteiger charge is 2.23. The molecular weight excluding hydrogens is 272 g/mol. The number of primary amides is 1. The fourth-order valence-corrected chi connectivity index (χ4v) is 1.43. The number of aromatic nitrogens is 1. The highest BCUT2D eigenvalue weighted by atomic mass is 79.9. The summed E-state index contributed by atoms with van der Waals surface area (Å²) in [7, 11) is 0. The fraction of sp³-hybridized carbons (Fsp3) is 0.125. The zero-order valence-electron chi connectivity index (χ0n) is 7.17. The van der Waals surface area contributed by atoms with E-state index in [0.29, 0.717) is 0 Å². The topological polar surface area (TPSA) is 79.8 Å². The van der Waals surface area contributed by atoms with Crippen LogP contribution in [0.15, 0.2) is 10.8 Å². The van der Waals surface area contributed by atoms with Crippen molar-refractivity contribution < 1.29 is 13.6 Å². The van der Waals surface area contributed by atoms with Crippen molar-refractivity contribution in [2.24, 2.45) is 5.73 Å². The van der Waals surface area contributed by atoms with Crippen LogP contribution >= 0.6 is 15.9 Å². The summed E-state index contributed by atoms with van der Waals surface area (Å²) in [5.74, 6) is -1.08. The molecule has 0 saturated heterocycles. The number of hydrogen-bond donors (Lipinski definition) is 1. The van der Waals surface area contributed by atoms with Crippen molar-refractivity contribution >= 4 is 21.8 Å². The molecule has 1 amide bonds. The van der Waals surface area contributed by atoms with E-state index in [2.05, 4.69) is 20.9 Å². The first-order chi connectivity index (χ1) is 6.99. The molecular formula is C8H4BrF2N3O. The van der Waals surface area contributed by atoms with Crippen LogP contribution in [0, 0.1) is 11.3 Å². The quantitative estimate of drug-likeness (QED) is 0.835. The Morgan fingerprint density at radius 3 is 2.67 bits per heavy atom. The van der Waals surface area contributed by atoms with E-state index in [0.717, 1.165) is 6.20 Å². The number of halogens is 3. The molecule has 0 bridgehead atoms. The molecule has 0 atom stereocenters. The minimum atomic E-state index is -2.90. The summed E-state index contributed by atoms with van der Waals surface area (Å²) in [5, 5.41) is 8.68. The second-order valence-corrected chi connectivity index (χ2v) is 3.28. The molecule has 0 aromatic carbocycles. The molecule has 1 aromatic rings. The Morgan fingerprint density at radius 1 is 1.67 bits per heavy atom. The van der Waals surface area contributed by atoms with Crippen molar-refractivity contribution in [3.63, 3.8) is 0 Å². The highest BCUT2D eigenvalue weighted by Crippen LogP contribution is 2.27. The number of hydrogen-bond acceptors (Lipinski definition) is 3. The van der Waals surface area contributed by atoms with E-state index in [1.54, 1.807) is 6.07 Å². The van der Waals surface area contributed by atoms with Gasteiger partial charge >= 0.3 is 0 Å². The van der Waals surface area contributed by atoms with Crippen molar-refractivity contribution in [2.75, 3.05) is 0 Å². The molecule has 0 unspecified atom stereocenters. The van der Waals surface area contributed by atoms with Crippen LogP contribution in [-0.2, 0) is 0 Å². The number of nitrogens with two attached hydrogens (primary N) is 1. The van der Waals surface area contributed by atoms with Crippen LogP contribution in [0.4, 0.5) is 8.78 Å². The molecule has 0 radical (unpaired) electrons. The van der Waals surface area contributed by atoms with Gasteiger partial charge in [-0.05, 0) is 15.9 Å². The van der Waals surface area contributed by atoms with E-state index in [4.69, 9.17) is 11.0 Å². The molecule has 1 heterocycles. The average molecular weight is 276 g/mol. The van der Waals surface area contributed by atoms with Crippen molar-refractivity contribution in [1.82, 2.24) is 4.98 Å². The lowest BCUT2D eigenvalue weighted by molar-refractivity contribution is 0.0985. The molecule has 0 saturated carbocycles.